The summed E-state index contributed by atoms with van der Waals surface area (Å²) in [4.78, 5) is 3.74. The molecule has 2 aromatic rings. The second-order valence-corrected chi connectivity index (χ2v) is 4.40. The predicted molar refractivity (Wildman–Crippen MR) is 67.1 cm³/mol. The Morgan fingerprint density at radius 2 is 2.12 bits per heavy atom. The average Bonchev–Trinajstić information content (AvgIpc) is 2.28. The highest BCUT2D eigenvalue weighted by atomic mass is 79.9. The second kappa shape index (κ2) is 5.14. The molecule has 88 valence electrons. The molecule has 3 nitrogen and oxygen atoms in total. The van der Waals surface area contributed by atoms with E-state index in [2.05, 4.69) is 20.9 Å². The maximum absolute atomic E-state index is 12.9. The van der Waals surface area contributed by atoms with Gasteiger partial charge in [-0.3, -0.25) is 4.98 Å². The normalized spacial score (nSPS) is 10.2. The van der Waals surface area contributed by atoms with E-state index in [-0.39, 0.29) is 12.4 Å². The minimum Gasteiger partial charge on any atom is -0.487 e. The lowest BCUT2D eigenvalue weighted by Gasteiger charge is -2.08. The standard InChI is InChI=1S/C12H10BrFN2O/c13-9-1-2-12(11(15)4-9)17-7-8-3-10(14)6-16-5-8/h1-6H,7,15H2. The highest BCUT2D eigenvalue weighted by molar-refractivity contribution is 9.10. The molecule has 0 bridgehead atoms. The molecule has 0 aliphatic rings. The zero-order valence-electron chi connectivity index (χ0n) is 8.86. The first-order chi connectivity index (χ1) is 8.15. The molecule has 2 N–H and O–H groups in total. The Balaban J connectivity index is 2.07. The highest BCUT2D eigenvalue weighted by Crippen LogP contribution is 2.25. The fourth-order valence-corrected chi connectivity index (χ4v) is 1.73. The van der Waals surface area contributed by atoms with E-state index in [0.717, 1.165) is 10.7 Å². The first-order valence-electron chi connectivity index (χ1n) is 4.92. The third-order valence-corrected chi connectivity index (χ3v) is 2.62. The van der Waals surface area contributed by atoms with E-state index in [1.807, 2.05) is 6.07 Å². The first-order valence-corrected chi connectivity index (χ1v) is 5.72. The number of hydrogen-bond acceptors (Lipinski definition) is 3. The monoisotopic (exact) mass is 296 g/mol. The Labute approximate surface area is 107 Å². The Bertz CT molecular complexity index is 534. The summed E-state index contributed by atoms with van der Waals surface area (Å²) in [5, 5.41) is 0. The van der Waals surface area contributed by atoms with Crippen LogP contribution >= 0.6 is 15.9 Å². The summed E-state index contributed by atoms with van der Waals surface area (Å²) in [5.41, 5.74) is 6.96. The van der Waals surface area contributed by atoms with E-state index < -0.39 is 0 Å². The van der Waals surface area contributed by atoms with Crippen molar-refractivity contribution in [2.24, 2.45) is 0 Å². The van der Waals surface area contributed by atoms with Crippen LogP contribution in [0.4, 0.5) is 10.1 Å². The van der Waals surface area contributed by atoms with E-state index in [9.17, 15) is 4.39 Å². The van der Waals surface area contributed by atoms with Gasteiger partial charge in [-0.1, -0.05) is 15.9 Å². The predicted octanol–water partition coefficient (Wildman–Crippen LogP) is 3.14. The van der Waals surface area contributed by atoms with Crippen LogP contribution in [0.15, 0.2) is 41.1 Å². The summed E-state index contributed by atoms with van der Waals surface area (Å²) in [6.45, 7) is 0.233. The van der Waals surface area contributed by atoms with E-state index >= 15 is 0 Å². The topological polar surface area (TPSA) is 48.1 Å². The first kappa shape index (κ1) is 11.9. The van der Waals surface area contributed by atoms with Crippen LogP contribution in [0.2, 0.25) is 0 Å². The van der Waals surface area contributed by atoms with Crippen LogP contribution in [-0.4, -0.2) is 4.98 Å². The molecule has 0 aliphatic heterocycles. The molecule has 1 aromatic carbocycles. The van der Waals surface area contributed by atoms with Gasteiger partial charge in [0.1, 0.15) is 18.2 Å². The second-order valence-electron chi connectivity index (χ2n) is 3.48. The summed E-state index contributed by atoms with van der Waals surface area (Å²) in [5.74, 6) is 0.187. The van der Waals surface area contributed by atoms with E-state index in [1.54, 1.807) is 18.3 Å². The maximum atomic E-state index is 12.9. The van der Waals surface area contributed by atoms with Gasteiger partial charge in [-0.25, -0.2) is 4.39 Å². The molecule has 0 amide bonds. The molecule has 2 rings (SSSR count). The minimum atomic E-state index is -0.380. The number of halogens is 2. The number of pyridine rings is 1. The molecule has 0 aliphatic carbocycles. The van der Waals surface area contributed by atoms with E-state index in [4.69, 9.17) is 10.5 Å². The van der Waals surface area contributed by atoms with Crippen molar-refractivity contribution in [3.8, 4) is 5.75 Å². The van der Waals surface area contributed by atoms with Crippen LogP contribution in [0, 0.1) is 5.82 Å². The molecule has 0 fully saturated rings. The molecule has 0 spiro atoms. The number of nitrogen functional groups attached to an aromatic ring is 1. The number of aromatic nitrogens is 1. The van der Waals surface area contributed by atoms with Gasteiger partial charge in [0.2, 0.25) is 0 Å². The largest absolute Gasteiger partial charge is 0.487 e. The average molecular weight is 297 g/mol. The summed E-state index contributed by atoms with van der Waals surface area (Å²) < 4.78 is 19.2. The fraction of sp³-hybridized carbons (Fsp3) is 0.0833. The zero-order chi connectivity index (χ0) is 12.3. The van der Waals surface area contributed by atoms with Crippen molar-refractivity contribution in [1.29, 1.82) is 0 Å². The number of ether oxygens (including phenoxy) is 1. The molecular formula is C12H10BrFN2O. The van der Waals surface area contributed by atoms with Crippen LogP contribution in [0.25, 0.3) is 0 Å². The van der Waals surface area contributed by atoms with Crippen molar-refractivity contribution < 1.29 is 9.13 Å². The van der Waals surface area contributed by atoms with Crippen molar-refractivity contribution in [2.75, 3.05) is 5.73 Å². The van der Waals surface area contributed by atoms with E-state index in [1.165, 1.54) is 6.07 Å². The van der Waals surface area contributed by atoms with Gasteiger partial charge >= 0.3 is 0 Å². The van der Waals surface area contributed by atoms with Crippen molar-refractivity contribution in [3.63, 3.8) is 0 Å². The lowest BCUT2D eigenvalue weighted by Crippen LogP contribution is -1.99. The Morgan fingerprint density at radius 1 is 1.29 bits per heavy atom. The van der Waals surface area contributed by atoms with Crippen LogP contribution in [0.1, 0.15) is 5.56 Å². The molecule has 1 heterocycles. The number of benzene rings is 1. The van der Waals surface area contributed by atoms with Crippen molar-refractivity contribution >= 4 is 21.6 Å². The number of anilines is 1. The summed E-state index contributed by atoms with van der Waals surface area (Å²) in [6, 6.07) is 6.71. The van der Waals surface area contributed by atoms with Gasteiger partial charge in [0.05, 0.1) is 11.9 Å². The van der Waals surface area contributed by atoms with Crippen LogP contribution in [-0.2, 0) is 6.61 Å². The van der Waals surface area contributed by atoms with Crippen LogP contribution in [0.5, 0.6) is 5.75 Å². The van der Waals surface area contributed by atoms with Gasteiger partial charge < -0.3 is 10.5 Å². The molecule has 0 saturated heterocycles. The minimum absolute atomic E-state index is 0.233. The van der Waals surface area contributed by atoms with Crippen molar-refractivity contribution in [3.05, 3.63) is 52.5 Å². The van der Waals surface area contributed by atoms with Crippen molar-refractivity contribution in [2.45, 2.75) is 6.61 Å². The van der Waals surface area contributed by atoms with Gasteiger partial charge in [0.25, 0.3) is 0 Å². The molecular weight excluding hydrogens is 287 g/mol. The van der Waals surface area contributed by atoms with Gasteiger partial charge in [-0.15, -0.1) is 0 Å². The van der Waals surface area contributed by atoms with Gasteiger partial charge in [0.15, 0.2) is 0 Å². The summed E-state index contributed by atoms with van der Waals surface area (Å²) >= 11 is 3.31. The molecule has 17 heavy (non-hydrogen) atoms. The number of nitrogens with zero attached hydrogens (tertiary/aromatic N) is 1. The molecule has 5 heteroatoms. The van der Waals surface area contributed by atoms with Gasteiger partial charge in [-0.2, -0.15) is 0 Å². The highest BCUT2D eigenvalue weighted by Gasteiger charge is 2.02. The maximum Gasteiger partial charge on any atom is 0.142 e. The van der Waals surface area contributed by atoms with Crippen LogP contribution in [0.3, 0.4) is 0 Å². The SMILES string of the molecule is Nc1cc(Br)ccc1OCc1cncc(F)c1. The molecule has 0 atom stereocenters. The van der Waals surface area contributed by atoms with Crippen molar-refractivity contribution in [1.82, 2.24) is 4.98 Å². The Morgan fingerprint density at radius 3 is 2.82 bits per heavy atom. The zero-order valence-corrected chi connectivity index (χ0v) is 10.4. The molecule has 1 aromatic heterocycles. The van der Waals surface area contributed by atoms with Crippen LogP contribution < -0.4 is 10.5 Å². The summed E-state index contributed by atoms with van der Waals surface area (Å²) in [6.07, 6.45) is 2.70. The molecule has 0 saturated carbocycles. The fourth-order valence-electron chi connectivity index (χ4n) is 1.35. The number of nitrogens with two attached hydrogens (primary N) is 1. The molecule has 0 unspecified atom stereocenters. The third kappa shape index (κ3) is 3.17. The van der Waals surface area contributed by atoms with E-state index in [0.29, 0.717) is 17.0 Å². The Hall–Kier alpha value is -1.62. The Kier molecular flexibility index (Phi) is 3.58. The lowest BCUT2D eigenvalue weighted by atomic mass is 10.3. The quantitative estimate of drug-likeness (QED) is 0.885. The lowest BCUT2D eigenvalue weighted by molar-refractivity contribution is 0.306. The molecule has 0 radical (unpaired) electrons. The number of rotatable bonds is 3. The smallest absolute Gasteiger partial charge is 0.142 e. The van der Waals surface area contributed by atoms with Gasteiger partial charge in [-0.05, 0) is 24.3 Å². The number of hydrogen-bond donors (Lipinski definition) is 1. The van der Waals surface area contributed by atoms with Gasteiger partial charge in [0, 0.05) is 16.2 Å². The summed E-state index contributed by atoms with van der Waals surface area (Å²) in [7, 11) is 0. The third-order valence-electron chi connectivity index (χ3n) is 2.13.